The summed E-state index contributed by atoms with van der Waals surface area (Å²) in [5, 5.41) is 3.00. The van der Waals surface area contributed by atoms with Gasteiger partial charge in [-0.25, -0.2) is 8.42 Å². The van der Waals surface area contributed by atoms with Crippen molar-refractivity contribution in [2.75, 3.05) is 19.6 Å². The Morgan fingerprint density at radius 3 is 2.63 bits per heavy atom. The number of aryl methyl sites for hydroxylation is 1. The van der Waals surface area contributed by atoms with Crippen LogP contribution in [-0.4, -0.2) is 50.0 Å². The van der Waals surface area contributed by atoms with E-state index in [0.29, 0.717) is 36.7 Å². The van der Waals surface area contributed by atoms with Gasteiger partial charge < -0.3 is 10.1 Å². The van der Waals surface area contributed by atoms with Gasteiger partial charge in [0.2, 0.25) is 15.9 Å². The van der Waals surface area contributed by atoms with Crippen LogP contribution in [0.2, 0.25) is 0 Å². The second-order valence-corrected chi connectivity index (χ2v) is 10.2. The van der Waals surface area contributed by atoms with Crippen LogP contribution < -0.4 is 5.32 Å². The Balaban J connectivity index is 1.35. The topological polar surface area (TPSA) is 75.7 Å². The van der Waals surface area contributed by atoms with Gasteiger partial charge in [-0.2, -0.15) is 4.31 Å². The lowest BCUT2D eigenvalue weighted by Crippen LogP contribution is -2.47. The van der Waals surface area contributed by atoms with Gasteiger partial charge in [0, 0.05) is 19.6 Å². The Morgan fingerprint density at radius 1 is 1.22 bits per heavy atom. The van der Waals surface area contributed by atoms with Crippen molar-refractivity contribution >= 4 is 15.9 Å². The highest BCUT2D eigenvalue weighted by molar-refractivity contribution is 7.89. The number of hydrogen-bond donors (Lipinski definition) is 1. The van der Waals surface area contributed by atoms with Crippen molar-refractivity contribution < 1.29 is 17.9 Å². The molecule has 0 unspecified atom stereocenters. The van der Waals surface area contributed by atoms with E-state index in [9.17, 15) is 13.2 Å². The molecule has 4 rings (SSSR count). The zero-order chi connectivity index (χ0) is 19.1. The molecule has 0 radical (unpaired) electrons. The molecule has 1 spiro atoms. The zero-order valence-electron chi connectivity index (χ0n) is 15.8. The minimum atomic E-state index is -3.47. The number of amides is 1. The minimum absolute atomic E-state index is 0.00594. The summed E-state index contributed by atoms with van der Waals surface area (Å²) in [5.41, 5.74) is 0.587. The molecular formula is C20H28N2O4S. The van der Waals surface area contributed by atoms with Crippen molar-refractivity contribution in [2.45, 2.75) is 62.0 Å². The van der Waals surface area contributed by atoms with Crippen molar-refractivity contribution in [1.82, 2.24) is 9.62 Å². The van der Waals surface area contributed by atoms with Crippen molar-refractivity contribution in [3.8, 4) is 0 Å². The molecule has 2 heterocycles. The number of nitrogens with one attached hydrogen (secondary N) is 1. The molecule has 1 amide bonds. The van der Waals surface area contributed by atoms with E-state index in [4.69, 9.17) is 4.74 Å². The third-order valence-corrected chi connectivity index (χ3v) is 7.96. The van der Waals surface area contributed by atoms with Crippen LogP contribution in [0.5, 0.6) is 0 Å². The molecule has 0 bridgehead atoms. The molecule has 1 N–H and O–H groups in total. The Kier molecular flexibility index (Phi) is 5.03. The monoisotopic (exact) mass is 392 g/mol. The van der Waals surface area contributed by atoms with Gasteiger partial charge >= 0.3 is 0 Å². The van der Waals surface area contributed by atoms with Gasteiger partial charge in [-0.15, -0.1) is 0 Å². The lowest BCUT2D eigenvalue weighted by molar-refractivity contribution is -0.139. The SMILES string of the molecule is Cc1cccc(S(=O)(=O)N2CCC3(CC[C@@H](C(=O)NCC4CC4)O3)CC2)c1. The normalized spacial score (nSPS) is 25.6. The van der Waals surface area contributed by atoms with Gasteiger partial charge in [0.05, 0.1) is 10.5 Å². The van der Waals surface area contributed by atoms with Gasteiger partial charge in [0.1, 0.15) is 6.10 Å². The van der Waals surface area contributed by atoms with E-state index < -0.39 is 10.0 Å². The van der Waals surface area contributed by atoms with E-state index in [1.165, 1.54) is 12.8 Å². The number of nitrogens with zero attached hydrogens (tertiary/aromatic N) is 1. The number of rotatable bonds is 5. The highest BCUT2D eigenvalue weighted by Gasteiger charge is 2.46. The fraction of sp³-hybridized carbons (Fsp3) is 0.650. The van der Waals surface area contributed by atoms with E-state index in [2.05, 4.69) is 5.32 Å². The van der Waals surface area contributed by atoms with Crippen molar-refractivity contribution in [3.05, 3.63) is 29.8 Å². The number of sulfonamides is 1. The third kappa shape index (κ3) is 4.05. The van der Waals surface area contributed by atoms with Crippen LogP contribution >= 0.6 is 0 Å². The second kappa shape index (κ2) is 7.18. The van der Waals surface area contributed by atoms with Crippen LogP contribution in [0, 0.1) is 12.8 Å². The van der Waals surface area contributed by atoms with Crippen LogP contribution in [-0.2, 0) is 19.6 Å². The van der Waals surface area contributed by atoms with Crippen LogP contribution in [0.4, 0.5) is 0 Å². The maximum atomic E-state index is 12.9. The molecule has 2 saturated heterocycles. The number of benzene rings is 1. The van der Waals surface area contributed by atoms with Crippen molar-refractivity contribution in [3.63, 3.8) is 0 Å². The third-order valence-electron chi connectivity index (χ3n) is 6.07. The standard InChI is InChI=1S/C20H28N2O4S/c1-15-3-2-4-17(13-15)27(24,25)22-11-9-20(10-12-22)8-7-18(26-20)19(23)21-14-16-5-6-16/h2-4,13,16,18H,5-12,14H2,1H3,(H,21,23)/t18-/m0/s1. The van der Waals surface area contributed by atoms with Crippen LogP contribution in [0.15, 0.2) is 29.2 Å². The average Bonchev–Trinajstić information content (AvgIpc) is 3.40. The van der Waals surface area contributed by atoms with Crippen LogP contribution in [0.3, 0.4) is 0 Å². The molecule has 7 heteroatoms. The number of hydrogen-bond acceptors (Lipinski definition) is 4. The summed E-state index contributed by atoms with van der Waals surface area (Å²) in [4.78, 5) is 12.7. The molecule has 1 atom stereocenters. The Bertz CT molecular complexity index is 811. The summed E-state index contributed by atoms with van der Waals surface area (Å²) in [6.07, 6.45) is 4.87. The summed E-state index contributed by atoms with van der Waals surface area (Å²) in [6.45, 7) is 3.53. The number of carbonyl (C=O) groups excluding carboxylic acids is 1. The van der Waals surface area contributed by atoms with E-state index in [1.807, 2.05) is 13.0 Å². The first-order chi connectivity index (χ1) is 12.9. The molecule has 1 aliphatic carbocycles. The van der Waals surface area contributed by atoms with Crippen molar-refractivity contribution in [1.29, 1.82) is 0 Å². The van der Waals surface area contributed by atoms with Gasteiger partial charge in [-0.1, -0.05) is 12.1 Å². The molecule has 27 heavy (non-hydrogen) atoms. The molecule has 3 aliphatic rings. The Hall–Kier alpha value is -1.44. The molecule has 1 saturated carbocycles. The summed E-state index contributed by atoms with van der Waals surface area (Å²) < 4.78 is 33.5. The smallest absolute Gasteiger partial charge is 0.249 e. The van der Waals surface area contributed by atoms with E-state index in [-0.39, 0.29) is 17.6 Å². The summed E-state index contributed by atoms with van der Waals surface area (Å²) >= 11 is 0. The van der Waals surface area contributed by atoms with Gasteiger partial charge in [0.15, 0.2) is 0 Å². The van der Waals surface area contributed by atoms with Crippen molar-refractivity contribution in [2.24, 2.45) is 5.92 Å². The lowest BCUT2D eigenvalue weighted by atomic mass is 9.89. The van der Waals surface area contributed by atoms with E-state index in [0.717, 1.165) is 24.9 Å². The summed E-state index contributed by atoms with van der Waals surface area (Å²) in [6, 6.07) is 7.04. The van der Waals surface area contributed by atoms with E-state index >= 15 is 0 Å². The Labute approximate surface area is 161 Å². The molecule has 1 aromatic carbocycles. The van der Waals surface area contributed by atoms with E-state index in [1.54, 1.807) is 22.5 Å². The molecule has 2 aliphatic heterocycles. The number of piperidine rings is 1. The molecule has 6 nitrogen and oxygen atoms in total. The maximum Gasteiger partial charge on any atom is 0.249 e. The highest BCUT2D eigenvalue weighted by Crippen LogP contribution is 2.40. The predicted octanol–water partition coefficient (Wildman–Crippen LogP) is 2.22. The average molecular weight is 393 g/mol. The molecular weight excluding hydrogens is 364 g/mol. The number of ether oxygens (including phenoxy) is 1. The first-order valence-corrected chi connectivity index (χ1v) is 11.3. The predicted molar refractivity (Wildman–Crippen MR) is 102 cm³/mol. The Morgan fingerprint density at radius 2 is 1.96 bits per heavy atom. The molecule has 1 aromatic rings. The second-order valence-electron chi connectivity index (χ2n) is 8.24. The summed E-state index contributed by atoms with van der Waals surface area (Å²) in [5.74, 6) is 0.646. The largest absolute Gasteiger partial charge is 0.362 e. The van der Waals surface area contributed by atoms with Crippen LogP contribution in [0.1, 0.15) is 44.1 Å². The molecule has 0 aromatic heterocycles. The maximum absolute atomic E-state index is 12.9. The summed E-state index contributed by atoms with van der Waals surface area (Å²) in [7, 11) is -3.47. The lowest BCUT2D eigenvalue weighted by Gasteiger charge is -2.38. The first-order valence-electron chi connectivity index (χ1n) is 9.90. The fourth-order valence-corrected chi connectivity index (χ4v) is 5.65. The quantitative estimate of drug-likeness (QED) is 0.834. The van der Waals surface area contributed by atoms with Gasteiger partial charge in [-0.3, -0.25) is 4.79 Å². The fourth-order valence-electron chi connectivity index (χ4n) is 4.11. The van der Waals surface area contributed by atoms with Gasteiger partial charge in [-0.05, 0) is 69.1 Å². The number of carbonyl (C=O) groups is 1. The van der Waals surface area contributed by atoms with Crippen LogP contribution in [0.25, 0.3) is 0 Å². The first kappa shape index (κ1) is 18.9. The molecule has 148 valence electrons. The molecule has 3 fully saturated rings. The highest BCUT2D eigenvalue weighted by atomic mass is 32.2. The minimum Gasteiger partial charge on any atom is -0.362 e. The zero-order valence-corrected chi connectivity index (χ0v) is 16.6. The van der Waals surface area contributed by atoms with Gasteiger partial charge in [0.25, 0.3) is 0 Å².